The van der Waals surface area contributed by atoms with Crippen LogP contribution in [0.1, 0.15) is 35.6 Å². The smallest absolute Gasteiger partial charge is 0.272 e. The number of amides is 3. The fraction of sp³-hybridized carbons (Fsp3) is 0.267. The highest BCUT2D eigenvalue weighted by Gasteiger charge is 2.32. The number of hydrogen-bond donors (Lipinski definition) is 2. The molecule has 7 heteroatoms. The Labute approximate surface area is 216 Å². The number of hydrogen-bond acceptors (Lipinski definition) is 4. The Balaban J connectivity index is 1.29. The number of para-hydroxylation sites is 1. The molecule has 0 radical (unpaired) electrons. The van der Waals surface area contributed by atoms with Gasteiger partial charge in [-0.3, -0.25) is 14.4 Å². The molecule has 2 aliphatic rings. The first-order valence-corrected chi connectivity index (χ1v) is 12.6. The molecule has 188 valence electrons. The third-order valence-electron chi connectivity index (χ3n) is 7.05. The van der Waals surface area contributed by atoms with Crippen LogP contribution in [0.3, 0.4) is 0 Å². The largest absolute Gasteiger partial charge is 0.345 e. The van der Waals surface area contributed by atoms with Crippen LogP contribution in [0.4, 0.5) is 5.69 Å². The normalized spacial score (nSPS) is 17.8. The van der Waals surface area contributed by atoms with Gasteiger partial charge in [0.2, 0.25) is 18.0 Å². The van der Waals surface area contributed by atoms with Gasteiger partial charge in [0.25, 0.3) is 5.91 Å². The maximum atomic E-state index is 13.3. The van der Waals surface area contributed by atoms with Crippen LogP contribution >= 0.6 is 0 Å². The quantitative estimate of drug-likeness (QED) is 0.551. The van der Waals surface area contributed by atoms with E-state index in [2.05, 4.69) is 22.8 Å². The number of carbonyl (C=O) groups is 3. The van der Waals surface area contributed by atoms with Crippen molar-refractivity contribution in [1.29, 1.82) is 0 Å². The summed E-state index contributed by atoms with van der Waals surface area (Å²) in [5.74, 6) is -0.766. The average molecular weight is 495 g/mol. The SMILES string of the molecule is C[C@H](NC(=O)CC1Cc2ccccc2C1)C(=O)N[C@H]1N=C(c2ccccc2)c2ccccc2N(C)C1=O. The number of aliphatic imine (C=N–C) groups is 1. The number of nitrogens with zero attached hydrogens (tertiary/aromatic N) is 2. The molecule has 3 aromatic rings. The maximum Gasteiger partial charge on any atom is 0.272 e. The molecule has 0 saturated carbocycles. The zero-order chi connectivity index (χ0) is 25.9. The Bertz CT molecular complexity index is 1340. The lowest BCUT2D eigenvalue weighted by Crippen LogP contribution is -2.52. The van der Waals surface area contributed by atoms with Crippen molar-refractivity contribution in [1.82, 2.24) is 10.6 Å². The van der Waals surface area contributed by atoms with Gasteiger partial charge in [-0.05, 0) is 42.9 Å². The highest BCUT2D eigenvalue weighted by Crippen LogP contribution is 2.29. The summed E-state index contributed by atoms with van der Waals surface area (Å²) >= 11 is 0. The zero-order valence-corrected chi connectivity index (χ0v) is 21.0. The number of fused-ring (bicyclic) bond motifs is 2. The van der Waals surface area contributed by atoms with Crippen LogP contribution in [0.25, 0.3) is 0 Å². The van der Waals surface area contributed by atoms with E-state index in [-0.39, 0.29) is 17.7 Å². The van der Waals surface area contributed by atoms with Crippen LogP contribution in [0.2, 0.25) is 0 Å². The lowest BCUT2D eigenvalue weighted by molar-refractivity contribution is -0.131. The predicted octanol–water partition coefficient (Wildman–Crippen LogP) is 3.25. The second-order valence-electron chi connectivity index (χ2n) is 9.71. The van der Waals surface area contributed by atoms with E-state index < -0.39 is 18.1 Å². The van der Waals surface area contributed by atoms with Crippen LogP contribution < -0.4 is 15.5 Å². The van der Waals surface area contributed by atoms with E-state index in [1.807, 2.05) is 66.7 Å². The molecule has 1 aliphatic heterocycles. The lowest BCUT2D eigenvalue weighted by atomic mass is 10.0. The van der Waals surface area contributed by atoms with Crippen molar-refractivity contribution in [2.24, 2.45) is 10.9 Å². The zero-order valence-electron chi connectivity index (χ0n) is 21.0. The maximum absolute atomic E-state index is 13.3. The molecule has 7 nitrogen and oxygen atoms in total. The molecule has 1 heterocycles. The van der Waals surface area contributed by atoms with Gasteiger partial charge in [0.15, 0.2) is 0 Å². The number of benzene rings is 3. The topological polar surface area (TPSA) is 90.9 Å². The standard InChI is InChI=1S/C30H30N4O3/c1-19(31-26(35)18-20-16-22-12-6-7-13-23(22)17-20)29(36)33-28-30(37)34(2)25-15-9-8-14-24(25)27(32-28)21-10-4-3-5-11-21/h3-15,19-20,28H,16-18H2,1-2H3,(H,31,35)(H,33,36)/t19-,28+/m0/s1. The van der Waals surface area contributed by atoms with Gasteiger partial charge in [0, 0.05) is 24.6 Å². The van der Waals surface area contributed by atoms with Gasteiger partial charge in [-0.2, -0.15) is 0 Å². The van der Waals surface area contributed by atoms with Crippen molar-refractivity contribution < 1.29 is 14.4 Å². The van der Waals surface area contributed by atoms with Crippen LogP contribution in [0, 0.1) is 5.92 Å². The monoisotopic (exact) mass is 494 g/mol. The van der Waals surface area contributed by atoms with E-state index in [4.69, 9.17) is 4.99 Å². The van der Waals surface area contributed by atoms with Gasteiger partial charge in [0.1, 0.15) is 6.04 Å². The molecular weight excluding hydrogens is 464 g/mol. The highest BCUT2D eigenvalue weighted by molar-refractivity contribution is 6.20. The molecule has 0 fully saturated rings. The van der Waals surface area contributed by atoms with E-state index in [9.17, 15) is 14.4 Å². The minimum atomic E-state index is -1.12. The number of rotatable bonds is 6. The molecule has 37 heavy (non-hydrogen) atoms. The van der Waals surface area contributed by atoms with Crippen molar-refractivity contribution >= 4 is 29.1 Å². The highest BCUT2D eigenvalue weighted by atomic mass is 16.2. The Morgan fingerprint density at radius 2 is 1.57 bits per heavy atom. The first-order valence-electron chi connectivity index (χ1n) is 12.6. The predicted molar refractivity (Wildman–Crippen MR) is 143 cm³/mol. The summed E-state index contributed by atoms with van der Waals surface area (Å²) in [5.41, 5.74) is 5.56. The Hall–Kier alpha value is -4.26. The van der Waals surface area contributed by atoms with Crippen molar-refractivity contribution in [2.75, 3.05) is 11.9 Å². The molecule has 3 amide bonds. The average Bonchev–Trinajstić information content (AvgIpc) is 3.28. The van der Waals surface area contributed by atoms with Crippen LogP contribution in [0.5, 0.6) is 0 Å². The summed E-state index contributed by atoms with van der Waals surface area (Å²) < 4.78 is 0. The summed E-state index contributed by atoms with van der Waals surface area (Å²) in [4.78, 5) is 45.3. The number of anilines is 1. The van der Waals surface area contributed by atoms with E-state index in [0.717, 1.165) is 24.0 Å². The van der Waals surface area contributed by atoms with E-state index in [0.29, 0.717) is 17.8 Å². The molecule has 5 rings (SSSR count). The summed E-state index contributed by atoms with van der Waals surface area (Å²) in [6.45, 7) is 1.62. The van der Waals surface area contributed by atoms with Gasteiger partial charge < -0.3 is 15.5 Å². The molecule has 0 bridgehead atoms. The van der Waals surface area contributed by atoms with E-state index >= 15 is 0 Å². The fourth-order valence-corrected chi connectivity index (χ4v) is 5.12. The molecule has 0 spiro atoms. The third-order valence-corrected chi connectivity index (χ3v) is 7.05. The van der Waals surface area contributed by atoms with Gasteiger partial charge in [-0.25, -0.2) is 4.99 Å². The second kappa shape index (κ2) is 10.4. The Kier molecular flexibility index (Phi) is 6.86. The van der Waals surface area contributed by atoms with Crippen molar-refractivity contribution in [3.05, 3.63) is 101 Å². The van der Waals surface area contributed by atoms with Crippen LogP contribution in [-0.4, -0.2) is 42.7 Å². The second-order valence-corrected chi connectivity index (χ2v) is 9.71. The molecule has 2 N–H and O–H groups in total. The van der Waals surface area contributed by atoms with Crippen LogP contribution in [0.15, 0.2) is 83.9 Å². The first-order chi connectivity index (χ1) is 17.9. The van der Waals surface area contributed by atoms with Crippen molar-refractivity contribution in [3.63, 3.8) is 0 Å². The molecule has 0 aromatic heterocycles. The minimum absolute atomic E-state index is 0.175. The van der Waals surface area contributed by atoms with Gasteiger partial charge in [0.05, 0.1) is 11.4 Å². The Morgan fingerprint density at radius 1 is 0.946 bits per heavy atom. The van der Waals surface area contributed by atoms with Gasteiger partial charge in [-0.15, -0.1) is 0 Å². The summed E-state index contributed by atoms with van der Waals surface area (Å²) in [7, 11) is 1.68. The number of carbonyl (C=O) groups excluding carboxylic acids is 3. The first kappa shape index (κ1) is 24.4. The van der Waals surface area contributed by atoms with Crippen molar-refractivity contribution in [3.8, 4) is 0 Å². The number of likely N-dealkylation sites (N-methyl/N-ethyl adjacent to an activating group) is 1. The Morgan fingerprint density at radius 3 is 2.27 bits per heavy atom. The molecule has 0 unspecified atom stereocenters. The molecule has 0 saturated heterocycles. The van der Waals surface area contributed by atoms with E-state index in [1.165, 1.54) is 16.0 Å². The van der Waals surface area contributed by atoms with E-state index in [1.54, 1.807) is 14.0 Å². The molecule has 1 aliphatic carbocycles. The number of nitrogens with one attached hydrogen (secondary N) is 2. The molecule has 2 atom stereocenters. The van der Waals surface area contributed by atoms with Crippen LogP contribution in [-0.2, 0) is 27.2 Å². The third kappa shape index (κ3) is 5.16. The fourth-order valence-electron chi connectivity index (χ4n) is 5.12. The van der Waals surface area contributed by atoms with Gasteiger partial charge >= 0.3 is 0 Å². The summed E-state index contributed by atoms with van der Waals surface area (Å²) in [5, 5.41) is 5.55. The summed E-state index contributed by atoms with van der Waals surface area (Å²) in [6, 6.07) is 24.6. The summed E-state index contributed by atoms with van der Waals surface area (Å²) in [6.07, 6.45) is 0.960. The van der Waals surface area contributed by atoms with Gasteiger partial charge in [-0.1, -0.05) is 72.8 Å². The molecule has 3 aromatic carbocycles. The lowest BCUT2D eigenvalue weighted by Gasteiger charge is -2.22. The number of benzodiazepines with no additional fused rings is 1. The minimum Gasteiger partial charge on any atom is -0.345 e. The van der Waals surface area contributed by atoms with Crippen molar-refractivity contribution in [2.45, 2.75) is 38.4 Å². The molecular formula is C30H30N4O3.